The second-order valence-electron chi connectivity index (χ2n) is 5.46. The first-order valence-corrected chi connectivity index (χ1v) is 7.36. The molecule has 0 aliphatic carbocycles. The molecular formula is C17H16FN3O2. The molecule has 2 heterocycles. The summed E-state index contributed by atoms with van der Waals surface area (Å²) in [5.74, 6) is -1.03. The van der Waals surface area contributed by atoms with Crippen molar-refractivity contribution < 1.29 is 14.0 Å². The number of nitrogens with zero attached hydrogens (tertiary/aromatic N) is 2. The minimum atomic E-state index is -0.394. The van der Waals surface area contributed by atoms with E-state index in [1.807, 2.05) is 12.1 Å². The number of amides is 2. The lowest BCUT2D eigenvalue weighted by atomic mass is 10.1. The molecule has 0 saturated carbocycles. The van der Waals surface area contributed by atoms with Crippen LogP contribution in [0, 0.1) is 11.7 Å². The molecule has 1 aliphatic rings. The Labute approximate surface area is 133 Å². The average molecular weight is 313 g/mol. The van der Waals surface area contributed by atoms with Crippen LogP contribution in [-0.4, -0.2) is 23.3 Å². The van der Waals surface area contributed by atoms with Crippen molar-refractivity contribution in [3.63, 3.8) is 0 Å². The number of hydrogen-bond donors (Lipinski definition) is 1. The van der Waals surface area contributed by atoms with Gasteiger partial charge in [-0.2, -0.15) is 0 Å². The number of anilines is 1. The number of carbonyl (C=O) groups excluding carboxylic acids is 2. The van der Waals surface area contributed by atoms with Gasteiger partial charge in [-0.25, -0.2) is 4.39 Å². The van der Waals surface area contributed by atoms with E-state index in [9.17, 15) is 14.0 Å². The van der Waals surface area contributed by atoms with E-state index in [1.54, 1.807) is 24.5 Å². The second-order valence-corrected chi connectivity index (χ2v) is 5.46. The highest BCUT2D eigenvalue weighted by molar-refractivity contribution is 6.00. The molecule has 3 rings (SSSR count). The van der Waals surface area contributed by atoms with Crippen LogP contribution in [0.15, 0.2) is 48.8 Å². The van der Waals surface area contributed by atoms with Crippen LogP contribution in [0.3, 0.4) is 0 Å². The second kappa shape index (κ2) is 6.56. The van der Waals surface area contributed by atoms with Gasteiger partial charge in [0.2, 0.25) is 11.8 Å². The van der Waals surface area contributed by atoms with E-state index >= 15 is 0 Å². The third-order valence-electron chi connectivity index (χ3n) is 3.85. The molecule has 1 aliphatic heterocycles. The topological polar surface area (TPSA) is 62.3 Å². The van der Waals surface area contributed by atoms with Gasteiger partial charge in [-0.3, -0.25) is 14.6 Å². The molecule has 2 amide bonds. The number of halogens is 1. The summed E-state index contributed by atoms with van der Waals surface area (Å²) >= 11 is 0. The molecule has 5 nitrogen and oxygen atoms in total. The van der Waals surface area contributed by atoms with E-state index in [0.717, 1.165) is 5.56 Å². The molecule has 0 spiro atoms. The number of rotatable bonds is 4. The van der Waals surface area contributed by atoms with Gasteiger partial charge in [0.15, 0.2) is 0 Å². The SMILES string of the molecule is O=C(NCc1ccncc1)C1CC(=O)N(c2ccc(F)cc2)C1. The normalized spacial score (nSPS) is 17.3. The van der Waals surface area contributed by atoms with Crippen molar-refractivity contribution in [3.05, 3.63) is 60.2 Å². The number of benzene rings is 1. The minimum Gasteiger partial charge on any atom is -0.352 e. The predicted octanol–water partition coefficient (Wildman–Crippen LogP) is 1.89. The maximum absolute atomic E-state index is 13.0. The Morgan fingerprint density at radius 3 is 2.61 bits per heavy atom. The van der Waals surface area contributed by atoms with Crippen LogP contribution >= 0.6 is 0 Å². The number of hydrogen-bond acceptors (Lipinski definition) is 3. The van der Waals surface area contributed by atoms with Gasteiger partial charge in [0.05, 0.1) is 5.92 Å². The molecular weight excluding hydrogens is 297 g/mol. The first-order chi connectivity index (χ1) is 11.1. The Bertz CT molecular complexity index is 704. The van der Waals surface area contributed by atoms with Gasteiger partial charge < -0.3 is 10.2 Å². The standard InChI is InChI=1S/C17H16FN3O2/c18-14-1-3-15(4-2-14)21-11-13(9-16(21)22)17(23)20-10-12-5-7-19-8-6-12/h1-8,13H,9-11H2,(H,20,23). The minimum absolute atomic E-state index is 0.124. The van der Waals surface area contributed by atoms with Gasteiger partial charge in [0, 0.05) is 37.6 Å². The quantitative estimate of drug-likeness (QED) is 0.937. The Hall–Kier alpha value is -2.76. The highest BCUT2D eigenvalue weighted by Crippen LogP contribution is 2.25. The smallest absolute Gasteiger partial charge is 0.227 e. The van der Waals surface area contributed by atoms with Crippen LogP contribution < -0.4 is 10.2 Å². The number of nitrogens with one attached hydrogen (secondary N) is 1. The summed E-state index contributed by atoms with van der Waals surface area (Å²) in [7, 11) is 0. The summed E-state index contributed by atoms with van der Waals surface area (Å²) in [5, 5.41) is 2.84. The molecule has 1 saturated heterocycles. The molecule has 1 aromatic heterocycles. The van der Waals surface area contributed by atoms with Gasteiger partial charge >= 0.3 is 0 Å². The van der Waals surface area contributed by atoms with Crippen LogP contribution in [0.2, 0.25) is 0 Å². The van der Waals surface area contributed by atoms with Crippen molar-refractivity contribution in [3.8, 4) is 0 Å². The summed E-state index contributed by atoms with van der Waals surface area (Å²) in [4.78, 5) is 29.8. The van der Waals surface area contributed by atoms with E-state index in [1.165, 1.54) is 17.0 Å². The number of aromatic nitrogens is 1. The predicted molar refractivity (Wildman–Crippen MR) is 82.9 cm³/mol. The van der Waals surface area contributed by atoms with Crippen molar-refractivity contribution in [1.29, 1.82) is 0 Å². The lowest BCUT2D eigenvalue weighted by molar-refractivity contribution is -0.126. The molecule has 6 heteroatoms. The number of pyridine rings is 1. The van der Waals surface area contributed by atoms with Crippen LogP contribution in [0.1, 0.15) is 12.0 Å². The van der Waals surface area contributed by atoms with E-state index in [2.05, 4.69) is 10.3 Å². The highest BCUT2D eigenvalue weighted by Gasteiger charge is 2.34. The fourth-order valence-electron chi connectivity index (χ4n) is 2.59. The molecule has 0 radical (unpaired) electrons. The third kappa shape index (κ3) is 3.53. The molecule has 118 valence electrons. The van der Waals surface area contributed by atoms with Crippen molar-refractivity contribution in [2.24, 2.45) is 5.92 Å². The molecule has 1 aromatic carbocycles. The van der Waals surface area contributed by atoms with Crippen molar-refractivity contribution in [1.82, 2.24) is 10.3 Å². The summed E-state index contributed by atoms with van der Waals surface area (Å²) < 4.78 is 13.0. The Morgan fingerprint density at radius 1 is 1.22 bits per heavy atom. The lowest BCUT2D eigenvalue weighted by Gasteiger charge is -2.16. The lowest BCUT2D eigenvalue weighted by Crippen LogP contribution is -2.32. The van der Waals surface area contributed by atoms with Gasteiger partial charge in [0.25, 0.3) is 0 Å². The molecule has 1 atom stereocenters. The monoisotopic (exact) mass is 313 g/mol. The zero-order valence-corrected chi connectivity index (χ0v) is 12.4. The zero-order chi connectivity index (χ0) is 16.2. The first-order valence-electron chi connectivity index (χ1n) is 7.36. The van der Waals surface area contributed by atoms with Crippen molar-refractivity contribution in [2.75, 3.05) is 11.4 Å². The van der Waals surface area contributed by atoms with E-state index in [0.29, 0.717) is 18.8 Å². The molecule has 0 bridgehead atoms. The number of carbonyl (C=O) groups is 2. The van der Waals surface area contributed by atoms with Gasteiger partial charge in [-0.15, -0.1) is 0 Å². The average Bonchev–Trinajstić information content (AvgIpc) is 2.96. The van der Waals surface area contributed by atoms with Gasteiger partial charge in [-0.1, -0.05) is 0 Å². The summed E-state index contributed by atoms with van der Waals surface area (Å²) in [5.41, 5.74) is 1.56. The van der Waals surface area contributed by atoms with Crippen LogP contribution in [0.5, 0.6) is 0 Å². The van der Waals surface area contributed by atoms with Crippen LogP contribution in [-0.2, 0) is 16.1 Å². The molecule has 2 aromatic rings. The Kier molecular flexibility index (Phi) is 4.32. The summed E-state index contributed by atoms with van der Waals surface area (Å²) in [6.45, 7) is 0.717. The fraction of sp³-hybridized carbons (Fsp3) is 0.235. The Morgan fingerprint density at radius 2 is 1.91 bits per heavy atom. The highest BCUT2D eigenvalue weighted by atomic mass is 19.1. The van der Waals surface area contributed by atoms with Crippen molar-refractivity contribution in [2.45, 2.75) is 13.0 Å². The van der Waals surface area contributed by atoms with Gasteiger partial charge in [0.1, 0.15) is 5.82 Å². The largest absolute Gasteiger partial charge is 0.352 e. The molecule has 1 fully saturated rings. The first kappa shape index (κ1) is 15.1. The van der Waals surface area contributed by atoms with E-state index in [-0.39, 0.29) is 24.1 Å². The van der Waals surface area contributed by atoms with E-state index in [4.69, 9.17) is 0 Å². The molecule has 1 unspecified atom stereocenters. The third-order valence-corrected chi connectivity index (χ3v) is 3.85. The molecule has 23 heavy (non-hydrogen) atoms. The van der Waals surface area contributed by atoms with Gasteiger partial charge in [-0.05, 0) is 42.0 Å². The van der Waals surface area contributed by atoms with Crippen LogP contribution in [0.25, 0.3) is 0 Å². The Balaban J connectivity index is 1.60. The van der Waals surface area contributed by atoms with Crippen molar-refractivity contribution >= 4 is 17.5 Å². The summed E-state index contributed by atoms with van der Waals surface area (Å²) in [6.07, 6.45) is 3.49. The maximum atomic E-state index is 13.0. The fourth-order valence-corrected chi connectivity index (χ4v) is 2.59. The zero-order valence-electron chi connectivity index (χ0n) is 12.4. The molecule has 1 N–H and O–H groups in total. The van der Waals surface area contributed by atoms with E-state index < -0.39 is 5.92 Å². The van der Waals surface area contributed by atoms with Crippen LogP contribution in [0.4, 0.5) is 10.1 Å². The summed E-state index contributed by atoms with van der Waals surface area (Å²) in [6, 6.07) is 9.35. The maximum Gasteiger partial charge on any atom is 0.227 e.